The number of aromatic nitrogens is 2. The zero-order valence-electron chi connectivity index (χ0n) is 18.4. The number of hydrogen-bond acceptors (Lipinski definition) is 5. The molecule has 0 aliphatic carbocycles. The van der Waals surface area contributed by atoms with Crippen molar-refractivity contribution in [2.24, 2.45) is 0 Å². The molecule has 0 saturated heterocycles. The van der Waals surface area contributed by atoms with Gasteiger partial charge in [-0.3, -0.25) is 0 Å². The molecule has 32 heavy (non-hydrogen) atoms. The number of allylic oxidation sites excluding steroid dienone is 1. The van der Waals surface area contributed by atoms with Crippen LogP contribution in [0.2, 0.25) is 0 Å². The summed E-state index contributed by atoms with van der Waals surface area (Å²) in [6, 6.07) is 8.42. The van der Waals surface area contributed by atoms with E-state index in [1.807, 2.05) is 11.5 Å². The molecule has 0 atom stereocenters. The lowest BCUT2D eigenvalue weighted by atomic mass is 10.0. The number of aryl methyl sites for hydroxylation is 1. The van der Waals surface area contributed by atoms with E-state index in [1.165, 1.54) is 20.2 Å². The number of aromatic hydroxyl groups is 1. The van der Waals surface area contributed by atoms with Crippen LogP contribution in [0.25, 0.3) is 11.0 Å². The number of fused-ring (bicyclic) bond motifs is 1. The second kappa shape index (κ2) is 9.58. The van der Waals surface area contributed by atoms with Gasteiger partial charge in [-0.05, 0) is 55.5 Å². The molecule has 172 valence electrons. The van der Waals surface area contributed by atoms with Crippen LogP contribution in [0, 0.1) is 13.8 Å². The van der Waals surface area contributed by atoms with Crippen LogP contribution in [0.15, 0.2) is 47.1 Å². The Labute approximate surface area is 192 Å². The smallest absolute Gasteiger partial charge is 0.242 e. The van der Waals surface area contributed by atoms with Gasteiger partial charge in [0.25, 0.3) is 0 Å². The van der Waals surface area contributed by atoms with E-state index in [0.29, 0.717) is 23.0 Å². The average molecular weight is 481 g/mol. The first-order valence-electron chi connectivity index (χ1n) is 9.94. The maximum atomic E-state index is 14.4. The highest BCUT2D eigenvalue weighted by atomic mass is 35.5. The predicted octanol–water partition coefficient (Wildman–Crippen LogP) is 3.80. The summed E-state index contributed by atoms with van der Waals surface area (Å²) in [5.74, 6) is -0.431. The first-order valence-corrected chi connectivity index (χ1v) is 11.8. The van der Waals surface area contributed by atoms with Crippen molar-refractivity contribution < 1.29 is 17.9 Å². The van der Waals surface area contributed by atoms with E-state index in [0.717, 1.165) is 21.1 Å². The summed E-state index contributed by atoms with van der Waals surface area (Å²) in [4.78, 5) is 6.93. The Morgan fingerprint density at radius 3 is 2.53 bits per heavy atom. The fraction of sp³-hybridized carbons (Fsp3) is 0.318. The van der Waals surface area contributed by atoms with E-state index in [1.54, 1.807) is 37.3 Å². The van der Waals surface area contributed by atoms with Gasteiger partial charge in [-0.15, -0.1) is 0 Å². The Morgan fingerprint density at radius 1 is 1.28 bits per heavy atom. The highest BCUT2D eigenvalue weighted by Crippen LogP contribution is 2.31. The van der Waals surface area contributed by atoms with Crippen LogP contribution in [0.4, 0.5) is 4.39 Å². The van der Waals surface area contributed by atoms with E-state index in [4.69, 9.17) is 11.8 Å². The molecule has 0 aliphatic heterocycles. The lowest BCUT2D eigenvalue weighted by Crippen LogP contribution is -2.22. The van der Waals surface area contributed by atoms with Gasteiger partial charge in [0.05, 0.1) is 22.5 Å². The van der Waals surface area contributed by atoms with Crippen LogP contribution in [-0.2, 0) is 23.0 Å². The van der Waals surface area contributed by atoms with Gasteiger partial charge in [0.1, 0.15) is 5.83 Å². The van der Waals surface area contributed by atoms with Gasteiger partial charge in [0.2, 0.25) is 15.9 Å². The Balaban J connectivity index is 2.05. The maximum absolute atomic E-state index is 14.4. The zero-order chi connectivity index (χ0) is 23.6. The molecule has 0 radical (unpaired) electrons. The van der Waals surface area contributed by atoms with Crippen LogP contribution in [-0.4, -0.2) is 48.0 Å². The number of pyridine rings is 1. The molecule has 0 fully saturated rings. The largest absolute Gasteiger partial charge is 0.493 e. The number of nitrogens with zero attached hydrogens (tertiary/aromatic N) is 3. The van der Waals surface area contributed by atoms with Gasteiger partial charge in [-0.1, -0.05) is 12.1 Å². The van der Waals surface area contributed by atoms with Crippen molar-refractivity contribution >= 4 is 32.8 Å². The van der Waals surface area contributed by atoms with Crippen molar-refractivity contribution in [1.29, 1.82) is 0 Å². The molecule has 3 aromatic rings. The summed E-state index contributed by atoms with van der Waals surface area (Å²) in [6.45, 7) is 3.81. The molecule has 3 rings (SSSR count). The van der Waals surface area contributed by atoms with Crippen molar-refractivity contribution in [2.75, 3.05) is 20.6 Å². The maximum Gasteiger partial charge on any atom is 0.242 e. The Hall–Kier alpha value is -2.46. The zero-order valence-corrected chi connectivity index (χ0v) is 19.9. The van der Waals surface area contributed by atoms with Gasteiger partial charge in [-0.25, -0.2) is 26.9 Å². The second-order valence-corrected chi connectivity index (χ2v) is 10.2. The fourth-order valence-corrected chi connectivity index (χ4v) is 4.49. The van der Waals surface area contributed by atoms with Crippen LogP contribution in [0.1, 0.15) is 22.4 Å². The van der Waals surface area contributed by atoms with Crippen LogP contribution >= 0.6 is 11.8 Å². The Bertz CT molecular complexity index is 1270. The number of benzene rings is 1. The molecular weight excluding hydrogens is 455 g/mol. The van der Waals surface area contributed by atoms with Crippen molar-refractivity contribution in [3.05, 3.63) is 64.6 Å². The van der Waals surface area contributed by atoms with E-state index in [-0.39, 0.29) is 29.7 Å². The molecule has 2 heterocycles. The number of halogens is 2. The molecule has 0 aliphatic rings. The van der Waals surface area contributed by atoms with Crippen LogP contribution in [0.5, 0.6) is 5.88 Å². The van der Waals surface area contributed by atoms with E-state index >= 15 is 0 Å². The van der Waals surface area contributed by atoms with Gasteiger partial charge < -0.3 is 9.67 Å². The van der Waals surface area contributed by atoms with E-state index < -0.39 is 10.0 Å². The van der Waals surface area contributed by atoms with Gasteiger partial charge in [0, 0.05) is 43.9 Å². The molecule has 2 aromatic heterocycles. The van der Waals surface area contributed by atoms with E-state index in [2.05, 4.69) is 9.82 Å². The third-order valence-corrected chi connectivity index (χ3v) is 7.36. The second-order valence-electron chi connectivity index (χ2n) is 7.74. The first-order chi connectivity index (χ1) is 15.1. The molecule has 2 N–H and O–H groups in total. The summed E-state index contributed by atoms with van der Waals surface area (Å²) < 4.78 is 42.0. The summed E-state index contributed by atoms with van der Waals surface area (Å²) in [5.41, 5.74) is 4.40. The summed E-state index contributed by atoms with van der Waals surface area (Å²) >= 11 is 5.42. The third-order valence-electron chi connectivity index (χ3n) is 5.38. The number of hydrogen-bond donors (Lipinski definition) is 2. The molecule has 0 amide bonds. The van der Waals surface area contributed by atoms with Crippen LogP contribution in [0.3, 0.4) is 0 Å². The number of nitrogens with one attached hydrogen (secondary N) is 1. The fourth-order valence-electron chi connectivity index (χ4n) is 3.51. The summed E-state index contributed by atoms with van der Waals surface area (Å²) in [5, 5.41) is 10.2. The molecule has 0 saturated carbocycles. The quantitative estimate of drug-likeness (QED) is 0.479. The van der Waals surface area contributed by atoms with Crippen molar-refractivity contribution in [2.45, 2.75) is 31.7 Å². The minimum Gasteiger partial charge on any atom is -0.493 e. The molecule has 0 spiro atoms. The lowest BCUT2D eigenvalue weighted by molar-refractivity contribution is 0.451. The average Bonchev–Trinajstić information content (AvgIpc) is 2.98. The third kappa shape index (κ3) is 4.80. The van der Waals surface area contributed by atoms with Gasteiger partial charge in [0.15, 0.2) is 0 Å². The van der Waals surface area contributed by atoms with Crippen molar-refractivity contribution in [1.82, 2.24) is 18.7 Å². The van der Waals surface area contributed by atoms with E-state index in [9.17, 15) is 17.9 Å². The minimum absolute atomic E-state index is 0.00676. The predicted molar refractivity (Wildman–Crippen MR) is 124 cm³/mol. The first kappa shape index (κ1) is 24.2. The Morgan fingerprint density at radius 2 is 1.94 bits per heavy atom. The molecule has 0 unspecified atom stereocenters. The molecule has 1 aromatic carbocycles. The highest BCUT2D eigenvalue weighted by molar-refractivity contribution is 7.89. The molecule has 7 nitrogen and oxygen atoms in total. The topological polar surface area (TPSA) is 87.5 Å². The monoisotopic (exact) mass is 480 g/mol. The normalized spacial score (nSPS) is 12.8. The number of sulfonamides is 1. The SMILES string of the molecule is Cc1cc2c(nc1O)c(Cc1ccc(S(=O)(=O)N(C)C)cc1)c(C)n2C/C(F)=C/CNCl. The molecule has 0 bridgehead atoms. The summed E-state index contributed by atoms with van der Waals surface area (Å²) in [7, 11) is -0.546. The van der Waals surface area contributed by atoms with Crippen molar-refractivity contribution in [3.8, 4) is 5.88 Å². The number of rotatable bonds is 8. The molecule has 10 heteroatoms. The highest BCUT2D eigenvalue weighted by Gasteiger charge is 2.20. The lowest BCUT2D eigenvalue weighted by Gasteiger charge is -2.12. The minimum atomic E-state index is -3.52. The standard InChI is InChI=1S/C22H26ClFN4O3S/c1-14-11-20-21(26-22(14)29)19(15(2)28(20)13-17(24)9-10-25-23)12-16-5-7-18(8-6-16)32(30,31)27(3)4/h5-9,11,25H,10,12-13H2,1-4H3,(H,26,29)/b17-9-. The van der Waals surface area contributed by atoms with Crippen molar-refractivity contribution in [3.63, 3.8) is 0 Å². The summed E-state index contributed by atoms with van der Waals surface area (Å²) in [6.07, 6.45) is 1.81. The Kier molecular flexibility index (Phi) is 7.24. The van der Waals surface area contributed by atoms with Gasteiger partial charge in [-0.2, -0.15) is 0 Å². The molecular formula is C22H26ClFN4O3S. The van der Waals surface area contributed by atoms with Crippen LogP contribution < -0.4 is 4.84 Å². The van der Waals surface area contributed by atoms with Gasteiger partial charge >= 0.3 is 0 Å².